The van der Waals surface area contributed by atoms with Crippen molar-refractivity contribution in [1.29, 1.82) is 0 Å². The third-order valence-corrected chi connectivity index (χ3v) is 3.84. The van der Waals surface area contributed by atoms with Crippen LogP contribution in [0.1, 0.15) is 43.4 Å². The number of hydrogen-bond acceptors (Lipinski definition) is 2. The molecule has 1 N–H and O–H groups in total. The quantitative estimate of drug-likeness (QED) is 0.867. The number of benzene rings is 1. The molecule has 0 aliphatic carbocycles. The van der Waals surface area contributed by atoms with E-state index in [4.69, 9.17) is 0 Å². The molecule has 0 unspecified atom stereocenters. The highest BCUT2D eigenvalue weighted by Gasteiger charge is 2.24. The fourth-order valence-electron chi connectivity index (χ4n) is 2.57. The van der Waals surface area contributed by atoms with E-state index in [2.05, 4.69) is 30.9 Å². The van der Waals surface area contributed by atoms with Gasteiger partial charge in [0.1, 0.15) is 0 Å². The Bertz CT molecular complexity index is 340. The van der Waals surface area contributed by atoms with Crippen LogP contribution < -0.4 is 0 Å². The zero-order valence-corrected chi connectivity index (χ0v) is 10.9. The summed E-state index contributed by atoms with van der Waals surface area (Å²) in [6.45, 7) is 6.47. The van der Waals surface area contributed by atoms with Crippen molar-refractivity contribution in [2.75, 3.05) is 13.1 Å². The van der Waals surface area contributed by atoms with E-state index >= 15 is 0 Å². The van der Waals surface area contributed by atoms with E-state index in [1.165, 1.54) is 24.8 Å². The topological polar surface area (TPSA) is 23.5 Å². The molecular formula is C15H23NO. The number of rotatable bonds is 3. The van der Waals surface area contributed by atoms with E-state index < -0.39 is 0 Å². The lowest BCUT2D eigenvalue weighted by atomic mass is 9.99. The normalized spacial score (nSPS) is 21.1. The van der Waals surface area contributed by atoms with Crippen molar-refractivity contribution >= 4 is 0 Å². The van der Waals surface area contributed by atoms with E-state index in [-0.39, 0.29) is 12.1 Å². The van der Waals surface area contributed by atoms with Crippen LogP contribution in [0.3, 0.4) is 0 Å². The summed E-state index contributed by atoms with van der Waals surface area (Å²) in [6.07, 6.45) is 3.51. The molecule has 2 atom stereocenters. The van der Waals surface area contributed by atoms with Crippen molar-refractivity contribution in [3.63, 3.8) is 0 Å². The van der Waals surface area contributed by atoms with Gasteiger partial charge >= 0.3 is 0 Å². The van der Waals surface area contributed by atoms with Crippen molar-refractivity contribution in [3.05, 3.63) is 35.4 Å². The largest absolute Gasteiger partial charge is 0.387 e. The first-order valence-electron chi connectivity index (χ1n) is 6.67. The predicted molar refractivity (Wildman–Crippen MR) is 71.0 cm³/mol. The van der Waals surface area contributed by atoms with E-state index in [0.717, 1.165) is 18.7 Å². The average molecular weight is 233 g/mol. The number of likely N-dealkylation sites (tertiary alicyclic amines) is 1. The maximum Gasteiger partial charge on any atom is 0.0942 e. The van der Waals surface area contributed by atoms with Gasteiger partial charge in [-0.3, -0.25) is 4.90 Å². The lowest BCUT2D eigenvalue weighted by molar-refractivity contribution is 0.0471. The molecule has 17 heavy (non-hydrogen) atoms. The van der Waals surface area contributed by atoms with Gasteiger partial charge in [0.15, 0.2) is 0 Å². The van der Waals surface area contributed by atoms with Gasteiger partial charge in [0.25, 0.3) is 0 Å². The fraction of sp³-hybridized carbons (Fsp3) is 0.600. The fourth-order valence-corrected chi connectivity index (χ4v) is 2.57. The summed E-state index contributed by atoms with van der Waals surface area (Å²) in [5.41, 5.74) is 2.28. The number of aliphatic hydroxyl groups excluding tert-OH is 1. The van der Waals surface area contributed by atoms with E-state index in [0.29, 0.717) is 0 Å². The number of aliphatic hydroxyl groups is 1. The summed E-state index contributed by atoms with van der Waals surface area (Å²) in [7, 11) is 0. The van der Waals surface area contributed by atoms with Gasteiger partial charge in [-0.2, -0.15) is 0 Å². The van der Waals surface area contributed by atoms with Gasteiger partial charge in [0, 0.05) is 6.04 Å². The summed E-state index contributed by atoms with van der Waals surface area (Å²) in [5, 5.41) is 10.4. The number of nitrogens with zero attached hydrogens (tertiary/aromatic N) is 1. The van der Waals surface area contributed by atoms with Gasteiger partial charge < -0.3 is 5.11 Å². The molecule has 0 amide bonds. The van der Waals surface area contributed by atoms with Crippen molar-refractivity contribution in [3.8, 4) is 0 Å². The van der Waals surface area contributed by atoms with Crippen molar-refractivity contribution < 1.29 is 5.11 Å². The molecule has 0 saturated carbocycles. The van der Waals surface area contributed by atoms with Crippen LogP contribution in [0, 0.1) is 6.92 Å². The maximum absolute atomic E-state index is 10.4. The second kappa shape index (κ2) is 5.65. The molecule has 1 aliphatic heterocycles. The summed E-state index contributed by atoms with van der Waals surface area (Å²) < 4.78 is 0. The lowest BCUT2D eigenvalue weighted by Crippen LogP contribution is -2.40. The molecule has 1 heterocycles. The standard InChI is InChI=1S/C15H23NO/c1-12-6-8-14(9-7-12)15(17)13(2)16-10-4-3-5-11-16/h6-9,13,15,17H,3-5,10-11H2,1-2H3/t13-,15+/m1/s1. The van der Waals surface area contributed by atoms with Crippen LogP contribution in [0.5, 0.6) is 0 Å². The van der Waals surface area contributed by atoms with Crippen LogP contribution in [0.25, 0.3) is 0 Å². The summed E-state index contributed by atoms with van der Waals surface area (Å²) in [6, 6.07) is 8.45. The molecule has 0 aromatic heterocycles. The minimum atomic E-state index is -0.367. The third-order valence-electron chi connectivity index (χ3n) is 3.84. The Morgan fingerprint density at radius 2 is 1.65 bits per heavy atom. The Kier molecular flexibility index (Phi) is 4.19. The Balaban J connectivity index is 2.02. The highest BCUT2D eigenvalue weighted by molar-refractivity contribution is 5.24. The van der Waals surface area contributed by atoms with Crippen LogP contribution in [0.2, 0.25) is 0 Å². The highest BCUT2D eigenvalue weighted by atomic mass is 16.3. The number of hydrogen-bond donors (Lipinski definition) is 1. The molecule has 2 nitrogen and oxygen atoms in total. The van der Waals surface area contributed by atoms with Crippen LogP contribution >= 0.6 is 0 Å². The maximum atomic E-state index is 10.4. The minimum Gasteiger partial charge on any atom is -0.387 e. The Morgan fingerprint density at radius 1 is 1.06 bits per heavy atom. The van der Waals surface area contributed by atoms with Crippen LogP contribution in [0.15, 0.2) is 24.3 Å². The van der Waals surface area contributed by atoms with E-state index in [1.807, 2.05) is 12.1 Å². The van der Waals surface area contributed by atoms with Crippen molar-refractivity contribution in [1.82, 2.24) is 4.90 Å². The summed E-state index contributed by atoms with van der Waals surface area (Å²) >= 11 is 0. The van der Waals surface area contributed by atoms with Crippen molar-refractivity contribution in [2.24, 2.45) is 0 Å². The molecule has 1 saturated heterocycles. The molecule has 1 aromatic carbocycles. The summed E-state index contributed by atoms with van der Waals surface area (Å²) in [5.74, 6) is 0. The second-order valence-electron chi connectivity index (χ2n) is 5.19. The number of aryl methyl sites for hydroxylation is 1. The average Bonchev–Trinajstić information content (AvgIpc) is 2.39. The first kappa shape index (κ1) is 12.6. The van der Waals surface area contributed by atoms with E-state index in [9.17, 15) is 5.11 Å². The molecular weight excluding hydrogens is 210 g/mol. The zero-order valence-electron chi connectivity index (χ0n) is 10.9. The van der Waals surface area contributed by atoms with Crippen LogP contribution in [-0.4, -0.2) is 29.1 Å². The lowest BCUT2D eigenvalue weighted by Gasteiger charge is -2.35. The van der Waals surface area contributed by atoms with Crippen LogP contribution in [0.4, 0.5) is 0 Å². The molecule has 2 heteroatoms. The van der Waals surface area contributed by atoms with Gasteiger partial charge in [-0.25, -0.2) is 0 Å². The molecule has 0 radical (unpaired) electrons. The van der Waals surface area contributed by atoms with E-state index in [1.54, 1.807) is 0 Å². The molecule has 2 rings (SSSR count). The first-order chi connectivity index (χ1) is 8.18. The minimum absolute atomic E-state index is 0.220. The molecule has 1 aromatic rings. The van der Waals surface area contributed by atoms with Gasteiger partial charge in [-0.15, -0.1) is 0 Å². The SMILES string of the molecule is Cc1ccc([C@@H](O)[C@@H](C)N2CCCCC2)cc1. The Morgan fingerprint density at radius 3 is 2.24 bits per heavy atom. The smallest absolute Gasteiger partial charge is 0.0942 e. The second-order valence-corrected chi connectivity index (χ2v) is 5.19. The van der Waals surface area contributed by atoms with Gasteiger partial charge in [0.2, 0.25) is 0 Å². The zero-order chi connectivity index (χ0) is 12.3. The van der Waals surface area contributed by atoms with Crippen molar-refractivity contribution in [2.45, 2.75) is 45.3 Å². The van der Waals surface area contributed by atoms with Gasteiger partial charge in [-0.1, -0.05) is 36.2 Å². The first-order valence-corrected chi connectivity index (χ1v) is 6.67. The molecule has 1 aliphatic rings. The highest BCUT2D eigenvalue weighted by Crippen LogP contribution is 2.23. The third kappa shape index (κ3) is 3.08. The number of piperidine rings is 1. The van der Waals surface area contributed by atoms with Gasteiger partial charge in [0.05, 0.1) is 6.10 Å². The molecule has 1 fully saturated rings. The van der Waals surface area contributed by atoms with Crippen LogP contribution in [-0.2, 0) is 0 Å². The predicted octanol–water partition coefficient (Wildman–Crippen LogP) is 2.90. The van der Waals surface area contributed by atoms with Gasteiger partial charge in [-0.05, 0) is 45.3 Å². The molecule has 0 spiro atoms. The monoisotopic (exact) mass is 233 g/mol. The Labute approximate surface area is 104 Å². The molecule has 94 valence electrons. The molecule has 0 bridgehead atoms. The summed E-state index contributed by atoms with van der Waals surface area (Å²) in [4.78, 5) is 2.41. The Hall–Kier alpha value is -0.860.